The van der Waals surface area contributed by atoms with Crippen molar-refractivity contribution in [3.8, 4) is 6.07 Å². The molecule has 0 radical (unpaired) electrons. The molecule has 0 saturated heterocycles. The van der Waals surface area contributed by atoms with Crippen LogP contribution in [0, 0.1) is 11.3 Å². The first-order chi connectivity index (χ1) is 16.3. The molecule has 4 aromatic rings. The highest BCUT2D eigenvalue weighted by Gasteiger charge is 2.35. The first-order valence-electron chi connectivity index (χ1n) is 11.4. The molecule has 0 fully saturated rings. The van der Waals surface area contributed by atoms with Gasteiger partial charge >= 0.3 is 0 Å². The summed E-state index contributed by atoms with van der Waals surface area (Å²) < 4.78 is 0. The van der Waals surface area contributed by atoms with Crippen LogP contribution >= 0.6 is 0 Å². The van der Waals surface area contributed by atoms with E-state index in [1.54, 1.807) is 0 Å². The quantitative estimate of drug-likeness (QED) is 0.237. The van der Waals surface area contributed by atoms with Gasteiger partial charge in [0.05, 0.1) is 11.2 Å². The topological polar surface area (TPSA) is 90.5 Å². The normalized spacial score (nSPS) is 11.2. The van der Waals surface area contributed by atoms with Crippen LogP contribution < -0.4 is 11.1 Å². The number of aryl methyl sites for hydroxylation is 1. The van der Waals surface area contributed by atoms with Gasteiger partial charge < -0.3 is 5.73 Å². The van der Waals surface area contributed by atoms with Crippen LogP contribution in [0.2, 0.25) is 0 Å². The molecule has 0 bridgehead atoms. The van der Waals surface area contributed by atoms with Crippen LogP contribution in [0.1, 0.15) is 47.2 Å². The largest absolute Gasteiger partial charge is 0.381 e. The monoisotopic (exact) mass is 435 g/mol. The average Bonchev–Trinajstić information content (AvgIpc) is 3.24. The molecule has 1 heterocycles. The van der Waals surface area contributed by atoms with E-state index in [9.17, 15) is 5.26 Å². The van der Waals surface area contributed by atoms with E-state index >= 15 is 0 Å². The fraction of sp³-hybridized carbons (Fsp3) is 0.214. The Labute approximate surface area is 195 Å². The summed E-state index contributed by atoms with van der Waals surface area (Å²) in [4.78, 5) is 0. The lowest BCUT2D eigenvalue weighted by Crippen LogP contribution is -2.45. The van der Waals surface area contributed by atoms with E-state index < -0.39 is 5.54 Å². The number of rotatable bonds is 10. The lowest BCUT2D eigenvalue weighted by Gasteiger charge is -2.37. The molecule has 0 aliphatic heterocycles. The maximum atomic E-state index is 9.24. The van der Waals surface area contributed by atoms with E-state index in [1.807, 2.05) is 0 Å². The number of hydrogen-bond donors (Lipinski definition) is 3. The number of unbranched alkanes of at least 4 members (excludes halogenated alkanes) is 2. The van der Waals surface area contributed by atoms with E-state index in [1.165, 1.54) is 16.7 Å². The fourth-order valence-electron chi connectivity index (χ4n) is 4.45. The van der Waals surface area contributed by atoms with Gasteiger partial charge in [-0.2, -0.15) is 10.4 Å². The second kappa shape index (κ2) is 10.6. The molecule has 0 saturated carbocycles. The van der Waals surface area contributed by atoms with Gasteiger partial charge in [0.15, 0.2) is 5.82 Å². The molecule has 0 atom stereocenters. The fourth-order valence-corrected chi connectivity index (χ4v) is 4.45. The van der Waals surface area contributed by atoms with Crippen LogP contribution in [-0.4, -0.2) is 16.7 Å². The molecule has 0 aliphatic rings. The Morgan fingerprint density at radius 1 is 0.788 bits per heavy atom. The van der Waals surface area contributed by atoms with Crippen LogP contribution in [0.4, 0.5) is 5.82 Å². The minimum absolute atomic E-state index is 0.285. The lowest BCUT2D eigenvalue weighted by atomic mass is 9.77. The molecular weight excluding hydrogens is 406 g/mol. The number of nitrogens with zero attached hydrogens (tertiary/aromatic N) is 2. The molecule has 0 unspecified atom stereocenters. The van der Waals surface area contributed by atoms with Crippen molar-refractivity contribution in [3.63, 3.8) is 0 Å². The molecule has 3 aromatic carbocycles. The molecule has 0 amide bonds. The lowest BCUT2D eigenvalue weighted by molar-refractivity contribution is 0.457. The second-order valence-corrected chi connectivity index (χ2v) is 8.16. The molecule has 33 heavy (non-hydrogen) atoms. The maximum Gasteiger partial charge on any atom is 0.163 e. The van der Waals surface area contributed by atoms with E-state index in [0.717, 1.165) is 37.9 Å². The Hall–Kier alpha value is -3.88. The van der Waals surface area contributed by atoms with Crippen LogP contribution in [-0.2, 0) is 12.0 Å². The maximum absolute atomic E-state index is 9.24. The summed E-state index contributed by atoms with van der Waals surface area (Å²) in [7, 11) is 0. The predicted octanol–water partition coefficient (Wildman–Crippen LogP) is 5.16. The van der Waals surface area contributed by atoms with Gasteiger partial charge in [-0.05, 0) is 42.5 Å². The van der Waals surface area contributed by atoms with Crippen molar-refractivity contribution in [2.75, 3.05) is 12.3 Å². The Balaban J connectivity index is 1.52. The third kappa shape index (κ3) is 4.82. The zero-order valence-corrected chi connectivity index (χ0v) is 18.7. The number of nitrogens with one attached hydrogen (secondary N) is 2. The number of hydrogen-bond acceptors (Lipinski definition) is 4. The molecule has 0 aliphatic carbocycles. The third-order valence-corrected chi connectivity index (χ3v) is 6.10. The van der Waals surface area contributed by atoms with Crippen LogP contribution in [0.5, 0.6) is 0 Å². The highest BCUT2D eigenvalue weighted by atomic mass is 15.2. The van der Waals surface area contributed by atoms with Crippen molar-refractivity contribution in [3.05, 3.63) is 119 Å². The van der Waals surface area contributed by atoms with Gasteiger partial charge in [0.25, 0.3) is 0 Å². The number of nitrogens with two attached hydrogens (primary N) is 1. The van der Waals surface area contributed by atoms with Crippen LogP contribution in [0.15, 0.2) is 91.0 Å². The summed E-state index contributed by atoms with van der Waals surface area (Å²) in [5, 5.41) is 20.0. The second-order valence-electron chi connectivity index (χ2n) is 8.16. The van der Waals surface area contributed by atoms with E-state index in [0.29, 0.717) is 5.56 Å². The zero-order valence-electron chi connectivity index (χ0n) is 18.7. The molecule has 4 rings (SSSR count). The van der Waals surface area contributed by atoms with E-state index in [2.05, 4.69) is 113 Å². The van der Waals surface area contributed by atoms with Crippen molar-refractivity contribution in [1.82, 2.24) is 15.5 Å². The molecule has 1 aromatic heterocycles. The highest BCUT2D eigenvalue weighted by Crippen LogP contribution is 2.36. The minimum Gasteiger partial charge on any atom is -0.381 e. The number of nitriles is 1. The predicted molar refractivity (Wildman–Crippen MR) is 132 cm³/mol. The molecule has 5 nitrogen and oxygen atoms in total. The van der Waals surface area contributed by atoms with Gasteiger partial charge in [0, 0.05) is 0 Å². The minimum atomic E-state index is -0.435. The smallest absolute Gasteiger partial charge is 0.163 e. The molecule has 0 spiro atoms. The van der Waals surface area contributed by atoms with Crippen LogP contribution in [0.25, 0.3) is 0 Å². The van der Waals surface area contributed by atoms with Crippen LogP contribution in [0.3, 0.4) is 0 Å². The van der Waals surface area contributed by atoms with Crippen molar-refractivity contribution in [2.45, 2.75) is 31.2 Å². The van der Waals surface area contributed by atoms with Crippen molar-refractivity contribution in [2.24, 2.45) is 0 Å². The summed E-state index contributed by atoms with van der Waals surface area (Å²) in [5.41, 5.74) is 10.3. The molecule has 166 valence electrons. The number of H-pyrrole nitrogens is 1. The van der Waals surface area contributed by atoms with Crippen molar-refractivity contribution in [1.29, 1.82) is 5.26 Å². The van der Waals surface area contributed by atoms with E-state index in [4.69, 9.17) is 5.73 Å². The standard InChI is InChI=1S/C28H29N5/c29-21-25-26(32-33-27(25)30)19-11-4-12-20-31-28(22-13-5-1-6-14-22,23-15-7-2-8-16-23)24-17-9-3-10-18-24/h1-3,5-10,13-18,31H,4,11-12,19-20H2,(H3,30,32,33). The first-order valence-corrected chi connectivity index (χ1v) is 11.4. The summed E-state index contributed by atoms with van der Waals surface area (Å²) in [5.74, 6) is 0.285. The summed E-state index contributed by atoms with van der Waals surface area (Å²) >= 11 is 0. The van der Waals surface area contributed by atoms with Gasteiger partial charge in [-0.1, -0.05) is 97.4 Å². The number of aromatic nitrogens is 2. The average molecular weight is 436 g/mol. The van der Waals surface area contributed by atoms with Crippen molar-refractivity contribution >= 4 is 5.82 Å². The van der Waals surface area contributed by atoms with Gasteiger partial charge in [-0.25, -0.2) is 0 Å². The number of nitrogen functional groups attached to an aromatic ring is 1. The summed E-state index contributed by atoms with van der Waals surface area (Å²) in [6, 6.07) is 34.1. The Bertz CT molecular complexity index is 1080. The van der Waals surface area contributed by atoms with Gasteiger partial charge in [-0.3, -0.25) is 10.4 Å². The van der Waals surface area contributed by atoms with Gasteiger partial charge in [0.1, 0.15) is 11.6 Å². The Morgan fingerprint density at radius 2 is 1.30 bits per heavy atom. The first kappa shape index (κ1) is 22.3. The van der Waals surface area contributed by atoms with Gasteiger partial charge in [0.2, 0.25) is 0 Å². The Kier molecular flexibility index (Phi) is 7.19. The van der Waals surface area contributed by atoms with Crippen molar-refractivity contribution < 1.29 is 0 Å². The third-order valence-electron chi connectivity index (χ3n) is 6.10. The number of aromatic amines is 1. The molecular formula is C28H29N5. The molecule has 5 heteroatoms. The van der Waals surface area contributed by atoms with E-state index in [-0.39, 0.29) is 5.82 Å². The van der Waals surface area contributed by atoms with Gasteiger partial charge in [-0.15, -0.1) is 0 Å². The summed E-state index contributed by atoms with van der Waals surface area (Å²) in [6.45, 7) is 0.856. The number of benzene rings is 3. The zero-order chi connectivity index (χ0) is 22.9. The highest BCUT2D eigenvalue weighted by molar-refractivity contribution is 5.51. The Morgan fingerprint density at radius 3 is 1.79 bits per heavy atom. The molecule has 4 N–H and O–H groups in total. The summed E-state index contributed by atoms with van der Waals surface area (Å²) in [6.07, 6.45) is 3.78. The SMILES string of the molecule is N#Cc1c(N)n[nH]c1CCCCCNC(c1ccccc1)(c1ccccc1)c1ccccc1. The number of anilines is 1.